The lowest BCUT2D eigenvalue weighted by Gasteiger charge is -2.18. The van der Waals surface area contributed by atoms with E-state index in [0.717, 1.165) is 27.9 Å². The zero-order valence-corrected chi connectivity index (χ0v) is 17.7. The Morgan fingerprint density at radius 1 is 1.10 bits per heavy atom. The van der Waals surface area contributed by atoms with Gasteiger partial charge in [-0.05, 0) is 23.1 Å². The quantitative estimate of drug-likeness (QED) is 0.447. The Bertz CT molecular complexity index is 1090. The molecule has 4 rings (SSSR count). The second-order valence-corrected chi connectivity index (χ2v) is 8.07. The number of nitrogens with zero attached hydrogens (tertiary/aromatic N) is 3. The third-order valence-electron chi connectivity index (χ3n) is 5.03. The molecule has 0 fully saturated rings. The van der Waals surface area contributed by atoms with Gasteiger partial charge in [-0.1, -0.05) is 54.6 Å². The van der Waals surface area contributed by atoms with Gasteiger partial charge in [0.25, 0.3) is 0 Å². The summed E-state index contributed by atoms with van der Waals surface area (Å²) in [4.78, 5) is 17.6. The highest BCUT2D eigenvalue weighted by Gasteiger charge is 2.19. The van der Waals surface area contributed by atoms with Crippen molar-refractivity contribution in [1.29, 1.82) is 0 Å². The van der Waals surface area contributed by atoms with Crippen LogP contribution in [-0.4, -0.2) is 26.6 Å². The van der Waals surface area contributed by atoms with Crippen LogP contribution >= 0.6 is 11.3 Å². The molecular weight excluding hydrogens is 392 g/mol. The molecule has 2 heterocycles. The summed E-state index contributed by atoms with van der Waals surface area (Å²) in [6.07, 6.45) is 4.87. The Morgan fingerprint density at radius 2 is 1.93 bits per heavy atom. The van der Waals surface area contributed by atoms with Gasteiger partial charge in [0, 0.05) is 37.2 Å². The number of aromatic nitrogens is 3. The molecule has 0 radical (unpaired) electrons. The highest BCUT2D eigenvalue weighted by Crippen LogP contribution is 2.20. The van der Waals surface area contributed by atoms with Gasteiger partial charge in [-0.15, -0.1) is 11.3 Å². The molecule has 1 N–H and O–H groups in total. The van der Waals surface area contributed by atoms with E-state index in [0.29, 0.717) is 19.4 Å². The van der Waals surface area contributed by atoms with Crippen LogP contribution in [0.3, 0.4) is 0 Å². The Labute approximate surface area is 180 Å². The summed E-state index contributed by atoms with van der Waals surface area (Å²) in [7, 11) is 1.90. The molecule has 0 saturated carbocycles. The van der Waals surface area contributed by atoms with E-state index >= 15 is 0 Å². The molecule has 0 aliphatic rings. The monoisotopic (exact) mass is 416 g/mol. The third kappa shape index (κ3) is 5.28. The van der Waals surface area contributed by atoms with Crippen molar-refractivity contribution < 1.29 is 4.79 Å². The van der Waals surface area contributed by atoms with E-state index in [1.54, 1.807) is 16.0 Å². The first-order valence-corrected chi connectivity index (χ1v) is 10.9. The number of hydrogen-bond donors (Lipinski definition) is 1. The number of ketones is 1. The lowest BCUT2D eigenvalue weighted by Crippen LogP contribution is -2.39. The minimum atomic E-state index is -0.267. The zero-order valence-electron chi connectivity index (χ0n) is 16.9. The van der Waals surface area contributed by atoms with Crippen LogP contribution in [0.5, 0.6) is 0 Å². The molecule has 0 saturated heterocycles. The van der Waals surface area contributed by atoms with Gasteiger partial charge in [0.1, 0.15) is 0 Å². The smallest absolute Gasteiger partial charge is 0.154 e. The largest absolute Gasteiger partial charge is 0.301 e. The lowest BCUT2D eigenvalue weighted by molar-refractivity contribution is -0.120. The highest BCUT2D eigenvalue weighted by molar-refractivity contribution is 7.07. The predicted octanol–water partition coefficient (Wildman–Crippen LogP) is 4.06. The van der Waals surface area contributed by atoms with E-state index in [1.165, 1.54) is 0 Å². The Morgan fingerprint density at radius 3 is 2.67 bits per heavy atom. The van der Waals surface area contributed by atoms with Gasteiger partial charge in [0.2, 0.25) is 0 Å². The summed E-state index contributed by atoms with van der Waals surface area (Å²) in [6, 6.07) is 18.0. The second-order valence-electron chi connectivity index (χ2n) is 7.35. The number of carbonyl (C=O) groups excluding carboxylic acids is 1. The first kappa shape index (κ1) is 20.2. The fourth-order valence-electron chi connectivity index (χ4n) is 3.46. The number of hydrogen-bond acceptors (Lipinski definition) is 5. The normalized spacial score (nSPS) is 12.0. The van der Waals surface area contributed by atoms with E-state index < -0.39 is 0 Å². The summed E-state index contributed by atoms with van der Waals surface area (Å²) in [6.45, 7) is 0.586. The van der Waals surface area contributed by atoms with Crippen molar-refractivity contribution in [2.24, 2.45) is 7.05 Å². The fraction of sp³-hybridized carbons (Fsp3) is 0.208. The van der Waals surface area contributed by atoms with Gasteiger partial charge in [-0.3, -0.25) is 9.48 Å². The van der Waals surface area contributed by atoms with E-state index in [9.17, 15) is 4.79 Å². The van der Waals surface area contributed by atoms with Gasteiger partial charge in [-0.25, -0.2) is 4.98 Å². The molecule has 0 unspecified atom stereocenters. The predicted molar refractivity (Wildman–Crippen MR) is 120 cm³/mol. The zero-order chi connectivity index (χ0) is 20.8. The molecule has 6 heteroatoms. The van der Waals surface area contributed by atoms with Crippen LogP contribution in [0.4, 0.5) is 0 Å². The average molecular weight is 417 g/mol. The molecule has 2 aromatic carbocycles. The molecule has 2 aromatic heterocycles. The number of carbonyl (C=O) groups is 1. The van der Waals surface area contributed by atoms with Crippen LogP contribution in [-0.2, 0) is 31.2 Å². The molecular formula is C24H24N4OS. The van der Waals surface area contributed by atoms with Crippen molar-refractivity contribution in [3.8, 4) is 11.1 Å². The summed E-state index contributed by atoms with van der Waals surface area (Å²) >= 11 is 1.56. The molecule has 0 amide bonds. The van der Waals surface area contributed by atoms with Crippen LogP contribution < -0.4 is 5.32 Å². The lowest BCUT2D eigenvalue weighted by atomic mass is 9.96. The number of aryl methyl sites for hydroxylation is 1. The number of nitrogens with one attached hydrogen (secondary N) is 1. The van der Waals surface area contributed by atoms with Gasteiger partial charge in [0.15, 0.2) is 5.78 Å². The Balaban J connectivity index is 1.49. The maximum absolute atomic E-state index is 13.2. The number of Topliss-reactive ketones (excluding diaryl/α,β-unsaturated/α-hetero) is 1. The molecule has 1 atom stereocenters. The minimum absolute atomic E-state index is 0.178. The van der Waals surface area contributed by atoms with Crippen molar-refractivity contribution in [3.63, 3.8) is 0 Å². The van der Waals surface area contributed by atoms with Gasteiger partial charge >= 0.3 is 0 Å². The molecule has 4 aromatic rings. The van der Waals surface area contributed by atoms with Gasteiger partial charge in [-0.2, -0.15) is 5.10 Å². The average Bonchev–Trinajstić information content (AvgIpc) is 3.44. The number of benzene rings is 2. The van der Waals surface area contributed by atoms with Crippen molar-refractivity contribution in [2.45, 2.75) is 25.4 Å². The molecule has 0 aliphatic heterocycles. The first-order chi connectivity index (χ1) is 14.7. The van der Waals surface area contributed by atoms with Crippen molar-refractivity contribution in [3.05, 3.63) is 94.7 Å². The SMILES string of the molecule is Cn1cc(-c2cccc(CC(=O)[C@H](Cc3ccccc3)NCc3cscn3)c2)cn1. The van der Waals surface area contributed by atoms with Crippen LogP contribution in [0.1, 0.15) is 16.8 Å². The van der Waals surface area contributed by atoms with Crippen LogP contribution in [0.2, 0.25) is 0 Å². The van der Waals surface area contributed by atoms with Gasteiger partial charge in [0.05, 0.1) is 23.4 Å². The van der Waals surface area contributed by atoms with E-state index in [1.807, 2.05) is 66.7 Å². The molecule has 152 valence electrons. The molecule has 0 spiro atoms. The summed E-state index contributed by atoms with van der Waals surface area (Å²) in [5, 5.41) is 9.67. The van der Waals surface area contributed by atoms with Crippen LogP contribution in [0.15, 0.2) is 77.9 Å². The third-order valence-corrected chi connectivity index (χ3v) is 5.66. The standard InChI is InChI=1S/C24H24N4OS/c1-28-15-21(13-27-28)20-9-5-8-19(10-20)12-24(29)23(11-18-6-3-2-4-7-18)25-14-22-16-30-17-26-22/h2-10,13,15-17,23,25H,11-12,14H2,1H3/t23-/m0/s1. The van der Waals surface area contributed by atoms with Crippen LogP contribution in [0, 0.1) is 0 Å². The highest BCUT2D eigenvalue weighted by atomic mass is 32.1. The molecule has 5 nitrogen and oxygen atoms in total. The minimum Gasteiger partial charge on any atom is -0.301 e. The molecule has 0 bridgehead atoms. The summed E-state index contributed by atoms with van der Waals surface area (Å²) in [5.74, 6) is 0.178. The fourth-order valence-corrected chi connectivity index (χ4v) is 4.02. The van der Waals surface area contributed by atoms with E-state index in [-0.39, 0.29) is 11.8 Å². The van der Waals surface area contributed by atoms with E-state index in [2.05, 4.69) is 33.6 Å². The Hall–Kier alpha value is -3.09. The maximum atomic E-state index is 13.2. The van der Waals surface area contributed by atoms with E-state index in [4.69, 9.17) is 0 Å². The molecule has 0 aliphatic carbocycles. The Kier molecular flexibility index (Phi) is 6.47. The van der Waals surface area contributed by atoms with Crippen molar-refractivity contribution in [2.75, 3.05) is 0 Å². The van der Waals surface area contributed by atoms with Gasteiger partial charge < -0.3 is 5.32 Å². The number of rotatable bonds is 9. The number of thiazole rings is 1. The summed E-state index contributed by atoms with van der Waals surface area (Å²) < 4.78 is 1.78. The van der Waals surface area contributed by atoms with Crippen LogP contribution in [0.25, 0.3) is 11.1 Å². The van der Waals surface area contributed by atoms with Crippen molar-refractivity contribution >= 4 is 17.1 Å². The topological polar surface area (TPSA) is 59.8 Å². The first-order valence-electron chi connectivity index (χ1n) is 9.92. The summed E-state index contributed by atoms with van der Waals surface area (Å²) in [5.41, 5.74) is 7.05. The van der Waals surface area contributed by atoms with Crippen molar-refractivity contribution in [1.82, 2.24) is 20.1 Å². The second kappa shape index (κ2) is 9.61. The molecule has 30 heavy (non-hydrogen) atoms. The maximum Gasteiger partial charge on any atom is 0.154 e.